The molecule has 1 amide bonds. The summed E-state index contributed by atoms with van der Waals surface area (Å²) in [7, 11) is 0. The van der Waals surface area contributed by atoms with E-state index in [4.69, 9.17) is 12.2 Å². The van der Waals surface area contributed by atoms with Crippen molar-refractivity contribution in [2.24, 2.45) is 0 Å². The number of thiocarbonyl (C=S) groups is 1. The van der Waals surface area contributed by atoms with Gasteiger partial charge in [0.15, 0.2) is 5.11 Å². The van der Waals surface area contributed by atoms with Gasteiger partial charge in [-0.25, -0.2) is 8.78 Å². The second kappa shape index (κ2) is 4.52. The zero-order chi connectivity index (χ0) is 13.6. The number of fused-ring (bicyclic) bond motifs is 1. The zero-order valence-electron chi connectivity index (χ0n) is 10.1. The lowest BCUT2D eigenvalue weighted by Crippen LogP contribution is -2.38. The molecule has 0 saturated carbocycles. The Balaban J connectivity index is 2.00. The van der Waals surface area contributed by atoms with Gasteiger partial charge in [-0.05, 0) is 43.6 Å². The van der Waals surface area contributed by atoms with Crippen LogP contribution in [0.3, 0.4) is 0 Å². The molecule has 0 aliphatic carbocycles. The van der Waals surface area contributed by atoms with Crippen LogP contribution in [0.25, 0.3) is 0 Å². The van der Waals surface area contributed by atoms with E-state index < -0.39 is 11.6 Å². The normalized spacial score (nSPS) is 22.9. The Morgan fingerprint density at radius 3 is 2.47 bits per heavy atom. The minimum atomic E-state index is -0.713. The molecular formula is C13H12F2N2OS. The number of carbonyl (C=O) groups excluding carboxylic acids is 1. The van der Waals surface area contributed by atoms with Crippen molar-refractivity contribution in [3.05, 3.63) is 29.8 Å². The number of anilines is 1. The van der Waals surface area contributed by atoms with Gasteiger partial charge in [0.05, 0.1) is 5.69 Å². The molecule has 2 aliphatic rings. The molecule has 3 nitrogen and oxygen atoms in total. The molecule has 6 heteroatoms. The molecule has 0 aromatic heterocycles. The van der Waals surface area contributed by atoms with Crippen LogP contribution in [0.4, 0.5) is 14.5 Å². The van der Waals surface area contributed by atoms with E-state index in [0.717, 1.165) is 44.0 Å². The Kier molecular flexibility index (Phi) is 2.97. The minimum absolute atomic E-state index is 0.168. The third kappa shape index (κ3) is 2.00. The van der Waals surface area contributed by atoms with E-state index in [9.17, 15) is 13.6 Å². The molecule has 2 heterocycles. The topological polar surface area (TPSA) is 23.6 Å². The quantitative estimate of drug-likeness (QED) is 0.739. The van der Waals surface area contributed by atoms with E-state index in [1.807, 2.05) is 4.90 Å². The predicted molar refractivity (Wildman–Crippen MR) is 70.8 cm³/mol. The van der Waals surface area contributed by atoms with Gasteiger partial charge in [0.25, 0.3) is 5.91 Å². The summed E-state index contributed by atoms with van der Waals surface area (Å²) in [6.07, 6.45) is 2.70. The molecule has 2 aliphatic heterocycles. The second-order valence-corrected chi connectivity index (χ2v) is 5.15. The number of nitrogens with zero attached hydrogens (tertiary/aromatic N) is 2. The van der Waals surface area contributed by atoms with Gasteiger partial charge in [-0.1, -0.05) is 0 Å². The van der Waals surface area contributed by atoms with Crippen molar-refractivity contribution >= 4 is 28.9 Å². The van der Waals surface area contributed by atoms with Crippen molar-refractivity contribution < 1.29 is 13.6 Å². The van der Waals surface area contributed by atoms with Crippen LogP contribution >= 0.6 is 12.2 Å². The monoisotopic (exact) mass is 282 g/mol. The van der Waals surface area contributed by atoms with Gasteiger partial charge in [0.1, 0.15) is 17.7 Å². The fourth-order valence-electron chi connectivity index (χ4n) is 2.70. The van der Waals surface area contributed by atoms with Gasteiger partial charge >= 0.3 is 0 Å². The van der Waals surface area contributed by atoms with Crippen molar-refractivity contribution in [3.8, 4) is 0 Å². The summed E-state index contributed by atoms with van der Waals surface area (Å²) in [5, 5.41) is 0.347. The number of hydrogen-bond donors (Lipinski definition) is 0. The fourth-order valence-corrected chi connectivity index (χ4v) is 3.11. The first-order chi connectivity index (χ1) is 9.08. The van der Waals surface area contributed by atoms with Crippen LogP contribution in [-0.4, -0.2) is 28.5 Å². The molecule has 1 atom stereocenters. The van der Waals surface area contributed by atoms with Crippen LogP contribution in [0, 0.1) is 11.6 Å². The Bertz CT molecular complexity index is 519. The SMILES string of the molecule is O=C1C2CCCCN2C(=S)N1c1cc(F)cc(F)c1. The molecular weight excluding hydrogens is 270 g/mol. The maximum Gasteiger partial charge on any atom is 0.256 e. The van der Waals surface area contributed by atoms with E-state index in [1.54, 1.807) is 0 Å². The predicted octanol–water partition coefficient (Wildman–Crippen LogP) is 2.45. The molecule has 19 heavy (non-hydrogen) atoms. The maximum atomic E-state index is 13.3. The molecule has 3 rings (SSSR count). The smallest absolute Gasteiger partial charge is 0.256 e. The average molecular weight is 282 g/mol. The Morgan fingerprint density at radius 2 is 1.84 bits per heavy atom. The molecule has 1 aromatic carbocycles. The first-order valence-corrected chi connectivity index (χ1v) is 6.59. The van der Waals surface area contributed by atoms with E-state index >= 15 is 0 Å². The van der Waals surface area contributed by atoms with Crippen molar-refractivity contribution in [2.45, 2.75) is 25.3 Å². The highest BCUT2D eigenvalue weighted by Crippen LogP contribution is 2.31. The lowest BCUT2D eigenvalue weighted by atomic mass is 10.0. The lowest BCUT2D eigenvalue weighted by molar-refractivity contribution is -0.120. The van der Waals surface area contributed by atoms with E-state index in [0.29, 0.717) is 5.11 Å². The zero-order valence-corrected chi connectivity index (χ0v) is 10.9. The second-order valence-electron chi connectivity index (χ2n) is 4.79. The van der Waals surface area contributed by atoms with Gasteiger partial charge in [0, 0.05) is 12.6 Å². The van der Waals surface area contributed by atoms with Crippen LogP contribution in [-0.2, 0) is 4.79 Å². The first-order valence-electron chi connectivity index (χ1n) is 6.18. The molecule has 100 valence electrons. The number of piperidine rings is 1. The Labute approximate surface area is 114 Å². The van der Waals surface area contributed by atoms with Crippen LogP contribution in [0.1, 0.15) is 19.3 Å². The van der Waals surface area contributed by atoms with Gasteiger partial charge in [0.2, 0.25) is 0 Å². The molecule has 2 saturated heterocycles. The average Bonchev–Trinajstić information content (AvgIpc) is 2.61. The summed E-state index contributed by atoms with van der Waals surface area (Å²) < 4.78 is 26.5. The van der Waals surface area contributed by atoms with Crippen molar-refractivity contribution in [3.63, 3.8) is 0 Å². The largest absolute Gasteiger partial charge is 0.336 e. The molecule has 1 unspecified atom stereocenters. The molecule has 0 N–H and O–H groups in total. The van der Waals surface area contributed by atoms with Crippen molar-refractivity contribution in [1.29, 1.82) is 0 Å². The van der Waals surface area contributed by atoms with Crippen molar-refractivity contribution in [2.75, 3.05) is 11.4 Å². The number of rotatable bonds is 1. The molecule has 0 radical (unpaired) electrons. The summed E-state index contributed by atoms with van der Waals surface area (Å²) in [6, 6.07) is 2.77. The van der Waals surface area contributed by atoms with Gasteiger partial charge in [-0.15, -0.1) is 0 Å². The minimum Gasteiger partial charge on any atom is -0.336 e. The van der Waals surface area contributed by atoms with E-state index in [1.165, 1.54) is 4.90 Å². The maximum absolute atomic E-state index is 13.3. The third-order valence-corrected chi connectivity index (χ3v) is 3.97. The fraction of sp³-hybridized carbons (Fsp3) is 0.385. The highest BCUT2D eigenvalue weighted by atomic mass is 32.1. The number of amides is 1. The van der Waals surface area contributed by atoms with Gasteiger partial charge < -0.3 is 4.90 Å². The lowest BCUT2D eigenvalue weighted by Gasteiger charge is -2.27. The van der Waals surface area contributed by atoms with E-state index in [2.05, 4.69) is 0 Å². The van der Waals surface area contributed by atoms with Crippen LogP contribution < -0.4 is 4.90 Å². The van der Waals surface area contributed by atoms with Crippen LogP contribution in [0.5, 0.6) is 0 Å². The van der Waals surface area contributed by atoms with Crippen LogP contribution in [0.15, 0.2) is 18.2 Å². The summed E-state index contributed by atoms with van der Waals surface area (Å²) >= 11 is 5.27. The van der Waals surface area contributed by atoms with Gasteiger partial charge in [-0.3, -0.25) is 9.69 Å². The Morgan fingerprint density at radius 1 is 1.16 bits per heavy atom. The first kappa shape index (κ1) is 12.5. The molecule has 2 fully saturated rings. The summed E-state index contributed by atoms with van der Waals surface area (Å²) in [5.74, 6) is -1.61. The highest BCUT2D eigenvalue weighted by molar-refractivity contribution is 7.80. The summed E-state index contributed by atoms with van der Waals surface area (Å²) in [5.41, 5.74) is 0.168. The number of carbonyl (C=O) groups is 1. The molecule has 0 bridgehead atoms. The molecule has 0 spiro atoms. The van der Waals surface area contributed by atoms with Crippen molar-refractivity contribution in [1.82, 2.24) is 4.90 Å². The standard InChI is InChI=1S/C13H12F2N2OS/c14-8-5-9(15)7-10(6-8)17-12(18)11-3-1-2-4-16(11)13(17)19/h5-7,11H,1-4H2. The Hall–Kier alpha value is -1.56. The summed E-state index contributed by atoms with van der Waals surface area (Å²) in [6.45, 7) is 0.726. The third-order valence-electron chi connectivity index (χ3n) is 3.55. The number of hydrogen-bond acceptors (Lipinski definition) is 2. The number of benzene rings is 1. The van der Waals surface area contributed by atoms with E-state index in [-0.39, 0.29) is 17.6 Å². The molecule has 1 aromatic rings. The van der Waals surface area contributed by atoms with Crippen LogP contribution in [0.2, 0.25) is 0 Å². The van der Waals surface area contributed by atoms with Gasteiger partial charge in [-0.2, -0.15) is 0 Å². The summed E-state index contributed by atoms with van der Waals surface area (Å²) in [4.78, 5) is 15.4. The highest BCUT2D eigenvalue weighted by Gasteiger charge is 2.44. The number of halogens is 2.